The lowest BCUT2D eigenvalue weighted by molar-refractivity contribution is -0.710. The number of hydrogen-bond acceptors (Lipinski definition) is 2. The van der Waals surface area contributed by atoms with Gasteiger partial charge in [-0.2, -0.15) is 0 Å². The molecule has 0 aromatic rings. The van der Waals surface area contributed by atoms with E-state index in [2.05, 4.69) is 9.98 Å². The summed E-state index contributed by atoms with van der Waals surface area (Å²) < 4.78 is 0. The molecule has 0 spiro atoms. The van der Waals surface area contributed by atoms with Crippen LogP contribution in [0.1, 0.15) is 0 Å². The minimum atomic E-state index is 1.23. The third-order valence-corrected chi connectivity index (χ3v) is 1.40. The maximum Gasteiger partial charge on any atom is 0.192 e. The molecule has 0 fully saturated rings. The van der Waals surface area contributed by atoms with Crippen LogP contribution in [0, 0.1) is 0 Å². The Kier molecular flexibility index (Phi) is 3.37. The maximum absolute atomic E-state index is 3.82. The van der Waals surface area contributed by atoms with Crippen molar-refractivity contribution in [2.45, 2.75) is 0 Å². The normalized spacial score (nSPS) is 29.2. The molecule has 2 rings (SSSR count). The molecule has 2 heterocycles. The van der Waals surface area contributed by atoms with Gasteiger partial charge in [-0.3, -0.25) is 9.80 Å². The lowest BCUT2D eigenvalue weighted by Gasteiger charge is -1.87. The number of quaternary nitrogens is 2. The van der Waals surface area contributed by atoms with Gasteiger partial charge >= 0.3 is 0 Å². The molecule has 4 heteroatoms. The molecule has 0 aliphatic carbocycles. The molecule has 0 saturated heterocycles. The molecule has 64 valence electrons. The second-order valence-corrected chi connectivity index (χ2v) is 2.68. The van der Waals surface area contributed by atoms with Crippen LogP contribution in [0.25, 0.3) is 0 Å². The highest BCUT2D eigenvalue weighted by atomic mass is 15.1. The van der Waals surface area contributed by atoms with Gasteiger partial charge in [0.2, 0.25) is 0 Å². The molecular weight excluding hydrogens is 152 g/mol. The van der Waals surface area contributed by atoms with Crippen molar-refractivity contribution in [3.05, 3.63) is 24.8 Å². The molecule has 0 radical (unpaired) electrons. The van der Waals surface area contributed by atoms with E-state index in [1.54, 1.807) is 12.4 Å². The molecule has 0 saturated carbocycles. The lowest BCUT2D eigenvalue weighted by Crippen LogP contribution is -3.01. The molecule has 0 aromatic heterocycles. The Labute approximate surface area is 72.2 Å². The van der Waals surface area contributed by atoms with E-state index in [1.165, 1.54) is 9.80 Å². The Bertz CT molecular complexity index is 189. The summed E-state index contributed by atoms with van der Waals surface area (Å²) in [5.41, 5.74) is 0. The van der Waals surface area contributed by atoms with Crippen LogP contribution in [0.2, 0.25) is 0 Å². The second kappa shape index (κ2) is 4.58. The van der Waals surface area contributed by atoms with Gasteiger partial charge < -0.3 is 0 Å². The van der Waals surface area contributed by atoms with Crippen LogP contribution in [-0.2, 0) is 0 Å². The van der Waals surface area contributed by atoms with E-state index in [0.717, 1.165) is 0 Å². The van der Waals surface area contributed by atoms with Crippen LogP contribution >= 0.6 is 0 Å². The summed E-state index contributed by atoms with van der Waals surface area (Å²) >= 11 is 0. The number of aliphatic imine (C=N–C) groups is 2. The Morgan fingerprint density at radius 1 is 0.833 bits per heavy atom. The Balaban J connectivity index is 0.000000120. The van der Waals surface area contributed by atoms with Crippen molar-refractivity contribution < 1.29 is 9.80 Å². The zero-order chi connectivity index (χ0) is 8.81. The highest BCUT2D eigenvalue weighted by molar-refractivity contribution is 5.47. The summed E-state index contributed by atoms with van der Waals surface area (Å²) in [5.74, 6) is 0. The zero-order valence-electron chi connectivity index (χ0n) is 7.36. The number of nitrogens with zero attached hydrogens (tertiary/aromatic N) is 2. The van der Waals surface area contributed by atoms with Crippen LogP contribution in [0.15, 0.2) is 34.8 Å². The summed E-state index contributed by atoms with van der Waals surface area (Å²) in [5, 5.41) is 0. The van der Waals surface area contributed by atoms with Crippen LogP contribution in [0.4, 0.5) is 0 Å². The molecule has 0 amide bonds. The third kappa shape index (κ3) is 3.23. The largest absolute Gasteiger partial charge is 0.267 e. The van der Waals surface area contributed by atoms with Gasteiger partial charge in [-0.15, -0.1) is 0 Å². The molecule has 2 unspecified atom stereocenters. The first-order chi connectivity index (χ1) is 5.79. The number of hydrogen-bond donors (Lipinski definition) is 2. The van der Waals surface area contributed by atoms with E-state index >= 15 is 0 Å². The molecule has 2 atom stereocenters. The highest BCUT2D eigenvalue weighted by Crippen LogP contribution is 1.66. The smallest absolute Gasteiger partial charge is 0.192 e. The first kappa shape index (κ1) is 8.83. The quantitative estimate of drug-likeness (QED) is 0.418. The minimum absolute atomic E-state index is 1.23. The van der Waals surface area contributed by atoms with Crippen LogP contribution in [-0.4, -0.2) is 26.8 Å². The maximum atomic E-state index is 3.82. The van der Waals surface area contributed by atoms with Crippen LogP contribution < -0.4 is 9.80 Å². The van der Waals surface area contributed by atoms with Gasteiger partial charge in [0.15, 0.2) is 12.7 Å². The molecule has 4 nitrogen and oxygen atoms in total. The fraction of sp³-hybridized carbons (Fsp3) is 0.250. The van der Waals surface area contributed by atoms with Crippen molar-refractivity contribution in [3.8, 4) is 0 Å². The van der Waals surface area contributed by atoms with Crippen molar-refractivity contribution in [2.24, 2.45) is 9.98 Å². The molecule has 2 aliphatic heterocycles. The van der Waals surface area contributed by atoms with E-state index in [0.29, 0.717) is 0 Å². The molecule has 0 bridgehead atoms. The molecule has 0 aromatic carbocycles. The first-order valence-corrected chi connectivity index (χ1v) is 3.85. The standard InChI is InChI=1S/2C4H6N2/c2*1-6-3-2-5-4-6/h2*2-4H,1H3/p+2. The van der Waals surface area contributed by atoms with Crippen molar-refractivity contribution in [1.82, 2.24) is 0 Å². The van der Waals surface area contributed by atoms with Crippen LogP contribution in [0.3, 0.4) is 0 Å². The average Bonchev–Trinajstić information content (AvgIpc) is 2.63. The van der Waals surface area contributed by atoms with E-state index < -0.39 is 0 Å². The van der Waals surface area contributed by atoms with Gasteiger partial charge in [0.25, 0.3) is 0 Å². The van der Waals surface area contributed by atoms with Gasteiger partial charge in [0.1, 0.15) is 12.4 Å². The summed E-state index contributed by atoms with van der Waals surface area (Å²) in [6, 6.07) is 0. The molecule has 12 heavy (non-hydrogen) atoms. The van der Waals surface area contributed by atoms with Crippen molar-refractivity contribution in [3.63, 3.8) is 0 Å². The number of nitrogens with one attached hydrogen (secondary N) is 2. The monoisotopic (exact) mass is 166 g/mol. The van der Waals surface area contributed by atoms with Crippen molar-refractivity contribution in [2.75, 3.05) is 14.1 Å². The zero-order valence-corrected chi connectivity index (χ0v) is 7.36. The summed E-state index contributed by atoms with van der Waals surface area (Å²) in [6.07, 6.45) is 11.2. The van der Waals surface area contributed by atoms with Gasteiger partial charge in [0.05, 0.1) is 26.5 Å². The molecule has 2 N–H and O–H groups in total. The van der Waals surface area contributed by atoms with E-state index in [4.69, 9.17) is 0 Å². The first-order valence-electron chi connectivity index (χ1n) is 3.85. The lowest BCUT2D eigenvalue weighted by atomic mass is 10.9. The van der Waals surface area contributed by atoms with Gasteiger partial charge in [-0.25, -0.2) is 9.98 Å². The SMILES string of the molecule is C[NH+]1C=CN=C1.C[NH+]1C=CN=C1. The predicted molar refractivity (Wildman–Crippen MR) is 49.0 cm³/mol. The molecule has 2 aliphatic rings. The van der Waals surface area contributed by atoms with Crippen LogP contribution in [0.5, 0.6) is 0 Å². The second-order valence-electron chi connectivity index (χ2n) is 2.68. The highest BCUT2D eigenvalue weighted by Gasteiger charge is 1.91. The van der Waals surface area contributed by atoms with Gasteiger partial charge in [-0.05, 0) is 0 Å². The van der Waals surface area contributed by atoms with Crippen molar-refractivity contribution >= 4 is 12.7 Å². The van der Waals surface area contributed by atoms with E-state index in [9.17, 15) is 0 Å². The fourth-order valence-corrected chi connectivity index (χ4v) is 0.728. The predicted octanol–water partition coefficient (Wildman–Crippen LogP) is -1.97. The molecular formula is C8H14N4+2. The van der Waals surface area contributed by atoms with Crippen molar-refractivity contribution in [1.29, 1.82) is 0 Å². The summed E-state index contributed by atoms with van der Waals surface area (Å²) in [7, 11) is 4.04. The third-order valence-electron chi connectivity index (χ3n) is 1.40. The minimum Gasteiger partial charge on any atom is -0.267 e. The van der Waals surface area contributed by atoms with Gasteiger partial charge in [0, 0.05) is 0 Å². The van der Waals surface area contributed by atoms with E-state index in [-0.39, 0.29) is 0 Å². The fourth-order valence-electron chi connectivity index (χ4n) is 0.728. The summed E-state index contributed by atoms with van der Waals surface area (Å²) in [4.78, 5) is 10.1. The Morgan fingerprint density at radius 2 is 1.25 bits per heavy atom. The Morgan fingerprint density at radius 3 is 1.33 bits per heavy atom. The average molecular weight is 166 g/mol. The number of rotatable bonds is 0. The van der Waals surface area contributed by atoms with E-state index in [1.807, 2.05) is 39.2 Å². The Hall–Kier alpha value is -1.26. The summed E-state index contributed by atoms with van der Waals surface area (Å²) in [6.45, 7) is 0. The van der Waals surface area contributed by atoms with Gasteiger partial charge in [-0.1, -0.05) is 0 Å². The topological polar surface area (TPSA) is 33.6 Å².